The van der Waals surface area contributed by atoms with Crippen LogP contribution in [0.3, 0.4) is 0 Å². The molecule has 6 unspecified atom stereocenters. The van der Waals surface area contributed by atoms with Crippen molar-refractivity contribution in [3.8, 4) is 0 Å². The number of hydrogen-bond acceptors (Lipinski definition) is 0. The molecule has 2 bridgehead atoms. The van der Waals surface area contributed by atoms with Crippen LogP contribution in [0.25, 0.3) is 0 Å². The van der Waals surface area contributed by atoms with Crippen LogP contribution < -0.4 is 0 Å². The third-order valence-electron chi connectivity index (χ3n) is 5.51. The van der Waals surface area contributed by atoms with Crippen LogP contribution in [-0.2, 0) is 0 Å². The summed E-state index contributed by atoms with van der Waals surface area (Å²) in [6, 6.07) is 0. The zero-order chi connectivity index (χ0) is 9.00. The number of rotatable bonds is 1. The molecule has 3 rings (SSSR count). The first-order chi connectivity index (χ1) is 6.29. The standard InChI is InChI=1S/C13H22/c1-3-9-4-10-6-12-8(2)11(5-9)13(12)7-10/h8-13H,3-7H2,1-2H3. The summed E-state index contributed by atoms with van der Waals surface area (Å²) in [4.78, 5) is 0. The molecule has 0 aromatic heterocycles. The Balaban J connectivity index is 1.81. The van der Waals surface area contributed by atoms with E-state index < -0.39 is 0 Å². The fourth-order valence-corrected chi connectivity index (χ4v) is 4.74. The van der Waals surface area contributed by atoms with Gasteiger partial charge in [0.05, 0.1) is 0 Å². The smallest absolute Gasteiger partial charge is 0.0349 e. The molecule has 0 aromatic carbocycles. The highest BCUT2D eigenvalue weighted by Gasteiger charge is 2.54. The van der Waals surface area contributed by atoms with E-state index in [9.17, 15) is 0 Å². The molecule has 0 amide bonds. The number of hydrogen-bond donors (Lipinski definition) is 0. The topological polar surface area (TPSA) is 0 Å². The molecule has 0 aliphatic heterocycles. The van der Waals surface area contributed by atoms with Gasteiger partial charge in [0.1, 0.15) is 0 Å². The predicted octanol–water partition coefficient (Wildman–Crippen LogP) is 3.71. The van der Waals surface area contributed by atoms with Gasteiger partial charge in [-0.25, -0.2) is 0 Å². The Bertz CT molecular complexity index is 206. The summed E-state index contributed by atoms with van der Waals surface area (Å²) in [6.07, 6.45) is 7.80. The van der Waals surface area contributed by atoms with Crippen molar-refractivity contribution in [1.29, 1.82) is 0 Å². The Morgan fingerprint density at radius 3 is 2.38 bits per heavy atom. The highest BCUT2D eigenvalue weighted by Crippen LogP contribution is 2.62. The summed E-state index contributed by atoms with van der Waals surface area (Å²) in [5.41, 5.74) is 0. The lowest BCUT2D eigenvalue weighted by molar-refractivity contribution is -0.00425. The van der Waals surface area contributed by atoms with Crippen molar-refractivity contribution in [3.63, 3.8) is 0 Å². The van der Waals surface area contributed by atoms with Gasteiger partial charge >= 0.3 is 0 Å². The van der Waals surface area contributed by atoms with E-state index in [4.69, 9.17) is 0 Å². The van der Waals surface area contributed by atoms with Crippen LogP contribution in [0.1, 0.15) is 46.0 Å². The summed E-state index contributed by atoms with van der Waals surface area (Å²) < 4.78 is 0. The van der Waals surface area contributed by atoms with Crippen molar-refractivity contribution in [2.45, 2.75) is 46.0 Å². The first-order valence-electron chi connectivity index (χ1n) is 6.29. The minimum absolute atomic E-state index is 1.09. The Morgan fingerprint density at radius 2 is 1.62 bits per heavy atom. The van der Waals surface area contributed by atoms with Gasteiger partial charge in [-0.2, -0.15) is 0 Å². The van der Waals surface area contributed by atoms with Gasteiger partial charge in [-0.1, -0.05) is 20.3 Å². The summed E-state index contributed by atoms with van der Waals surface area (Å²) >= 11 is 0. The third kappa shape index (κ3) is 1.04. The van der Waals surface area contributed by atoms with E-state index in [2.05, 4.69) is 13.8 Å². The molecule has 13 heavy (non-hydrogen) atoms. The van der Waals surface area contributed by atoms with E-state index in [1.54, 1.807) is 25.7 Å². The van der Waals surface area contributed by atoms with E-state index in [1.807, 2.05) is 0 Å². The molecule has 0 N–H and O–H groups in total. The second-order valence-electron chi connectivity index (χ2n) is 5.93. The van der Waals surface area contributed by atoms with Crippen LogP contribution in [-0.4, -0.2) is 0 Å². The molecule has 3 fully saturated rings. The van der Waals surface area contributed by atoms with Gasteiger partial charge in [0.2, 0.25) is 0 Å². The molecule has 0 heterocycles. The van der Waals surface area contributed by atoms with Gasteiger partial charge in [-0.3, -0.25) is 0 Å². The summed E-state index contributed by atoms with van der Waals surface area (Å²) in [6.45, 7) is 4.91. The molecule has 0 heteroatoms. The molecule has 74 valence electrons. The maximum atomic E-state index is 2.52. The molecule has 0 nitrogen and oxygen atoms in total. The van der Waals surface area contributed by atoms with Crippen molar-refractivity contribution < 1.29 is 0 Å². The minimum atomic E-state index is 1.09. The van der Waals surface area contributed by atoms with Crippen LogP contribution in [0.15, 0.2) is 0 Å². The summed E-state index contributed by atoms with van der Waals surface area (Å²) in [5.74, 6) is 6.79. The average molecular weight is 178 g/mol. The van der Waals surface area contributed by atoms with Crippen molar-refractivity contribution in [3.05, 3.63) is 0 Å². The highest BCUT2D eigenvalue weighted by atomic mass is 14.6. The molecular weight excluding hydrogens is 156 g/mol. The van der Waals surface area contributed by atoms with Crippen LogP contribution in [0.2, 0.25) is 0 Å². The van der Waals surface area contributed by atoms with Gasteiger partial charge in [0, 0.05) is 0 Å². The molecule has 6 atom stereocenters. The molecule has 3 aliphatic carbocycles. The van der Waals surface area contributed by atoms with E-state index >= 15 is 0 Å². The lowest BCUT2D eigenvalue weighted by atomic mass is 9.56. The van der Waals surface area contributed by atoms with E-state index in [1.165, 1.54) is 12.3 Å². The van der Waals surface area contributed by atoms with Crippen LogP contribution in [0.4, 0.5) is 0 Å². The Morgan fingerprint density at radius 1 is 0.923 bits per heavy atom. The minimum Gasteiger partial charge on any atom is -0.0651 e. The third-order valence-corrected chi connectivity index (χ3v) is 5.51. The molecule has 0 aromatic rings. The van der Waals surface area contributed by atoms with Crippen LogP contribution >= 0.6 is 0 Å². The fraction of sp³-hybridized carbons (Fsp3) is 1.00. The van der Waals surface area contributed by atoms with E-state index in [0.717, 1.165) is 29.6 Å². The zero-order valence-corrected chi connectivity index (χ0v) is 9.00. The van der Waals surface area contributed by atoms with Crippen LogP contribution in [0, 0.1) is 35.5 Å². The van der Waals surface area contributed by atoms with E-state index in [0.29, 0.717) is 0 Å². The lowest BCUT2D eigenvalue weighted by Crippen LogP contribution is -2.42. The van der Waals surface area contributed by atoms with Crippen LogP contribution in [0.5, 0.6) is 0 Å². The monoisotopic (exact) mass is 178 g/mol. The summed E-state index contributed by atoms with van der Waals surface area (Å²) in [7, 11) is 0. The van der Waals surface area contributed by atoms with Gasteiger partial charge in [-0.15, -0.1) is 0 Å². The van der Waals surface area contributed by atoms with E-state index in [-0.39, 0.29) is 0 Å². The Labute approximate surface area is 82.1 Å². The second-order valence-corrected chi connectivity index (χ2v) is 5.93. The maximum Gasteiger partial charge on any atom is -0.0349 e. The maximum absolute atomic E-state index is 2.52. The van der Waals surface area contributed by atoms with Gasteiger partial charge in [0.15, 0.2) is 0 Å². The quantitative estimate of drug-likeness (QED) is 0.574. The molecular formula is C13H22. The predicted molar refractivity (Wildman–Crippen MR) is 55.4 cm³/mol. The highest BCUT2D eigenvalue weighted by molar-refractivity contribution is 5.03. The summed E-state index contributed by atoms with van der Waals surface area (Å²) in [5, 5.41) is 0. The SMILES string of the molecule is CCC1CC2CC3C(C)C(C1)C3C2. The first-order valence-corrected chi connectivity index (χ1v) is 6.29. The van der Waals surface area contributed by atoms with Gasteiger partial charge in [0.25, 0.3) is 0 Å². The average Bonchev–Trinajstić information content (AvgIpc) is 2.39. The molecule has 0 saturated heterocycles. The fourth-order valence-electron chi connectivity index (χ4n) is 4.74. The molecule has 3 saturated carbocycles. The van der Waals surface area contributed by atoms with Crippen molar-refractivity contribution in [1.82, 2.24) is 0 Å². The first kappa shape index (κ1) is 8.32. The van der Waals surface area contributed by atoms with Gasteiger partial charge < -0.3 is 0 Å². The van der Waals surface area contributed by atoms with Crippen molar-refractivity contribution in [2.24, 2.45) is 35.5 Å². The second kappa shape index (κ2) is 2.74. The largest absolute Gasteiger partial charge is 0.0651 e. The van der Waals surface area contributed by atoms with Crippen molar-refractivity contribution in [2.75, 3.05) is 0 Å². The Hall–Kier alpha value is 0. The number of fused-ring (bicyclic) bond motifs is 1. The zero-order valence-electron chi connectivity index (χ0n) is 9.00. The normalized spacial score (nSPS) is 58.6. The Kier molecular flexibility index (Phi) is 1.76. The molecule has 0 spiro atoms. The lowest BCUT2D eigenvalue weighted by Gasteiger charge is -2.49. The molecule has 0 radical (unpaired) electrons. The van der Waals surface area contributed by atoms with Gasteiger partial charge in [-0.05, 0) is 61.2 Å². The molecule has 3 aliphatic rings. The van der Waals surface area contributed by atoms with Crippen molar-refractivity contribution >= 4 is 0 Å².